The van der Waals surface area contributed by atoms with E-state index < -0.39 is 22.7 Å². The van der Waals surface area contributed by atoms with Crippen molar-refractivity contribution in [2.24, 2.45) is 0 Å². The van der Waals surface area contributed by atoms with Crippen LogP contribution in [0.3, 0.4) is 0 Å². The Balaban J connectivity index is 3.47. The van der Waals surface area contributed by atoms with Crippen molar-refractivity contribution in [2.45, 2.75) is 0 Å². The number of carboxylic acid groups (broad SMARTS) is 1. The van der Waals surface area contributed by atoms with Crippen LogP contribution in [0, 0.1) is 0 Å². The zero-order valence-corrected chi connectivity index (χ0v) is 6.81. The van der Waals surface area contributed by atoms with Crippen LogP contribution in [0.1, 0.15) is 0 Å². The topological polar surface area (TPSA) is 83.5 Å². The summed E-state index contributed by atoms with van der Waals surface area (Å²) in [6.45, 7) is 0.133. The van der Waals surface area contributed by atoms with Gasteiger partial charge < -0.3 is 10.4 Å². The average Bonchev–Trinajstić information content (AvgIpc) is 1.86. The van der Waals surface area contributed by atoms with E-state index in [0.29, 0.717) is 0 Å². The second kappa shape index (κ2) is 4.84. The number of nitrogens with one attached hydrogen (secondary N) is 1. The minimum absolute atomic E-state index is 0.133. The molecule has 1 unspecified atom stereocenters. The van der Waals surface area contributed by atoms with Crippen molar-refractivity contribution < 1.29 is 18.9 Å². The second-order valence-electron chi connectivity index (χ2n) is 1.84. The Kier molecular flexibility index (Phi) is 4.44. The average molecular weight is 179 g/mol. The van der Waals surface area contributed by atoms with E-state index in [0.717, 1.165) is 0 Å². The Bertz CT molecular complexity index is 191. The van der Waals surface area contributed by atoms with E-state index in [-0.39, 0.29) is 12.3 Å². The molecule has 0 saturated heterocycles. The molecule has 0 aliphatic heterocycles. The largest absolute Gasteiger partial charge is 0.474 e. The summed E-state index contributed by atoms with van der Waals surface area (Å²) >= 11 is 0. The van der Waals surface area contributed by atoms with E-state index in [1.165, 1.54) is 6.26 Å². The van der Waals surface area contributed by atoms with Gasteiger partial charge >= 0.3 is 11.9 Å². The van der Waals surface area contributed by atoms with Crippen LogP contribution < -0.4 is 5.32 Å². The summed E-state index contributed by atoms with van der Waals surface area (Å²) in [6, 6.07) is 0. The van der Waals surface area contributed by atoms with Gasteiger partial charge in [0.15, 0.2) is 0 Å². The number of hydrogen-bond donors (Lipinski definition) is 2. The minimum Gasteiger partial charge on any atom is -0.474 e. The molecule has 0 aromatic heterocycles. The minimum atomic E-state index is -1.52. The van der Waals surface area contributed by atoms with E-state index in [9.17, 15) is 13.8 Å². The van der Waals surface area contributed by atoms with Gasteiger partial charge in [0.25, 0.3) is 0 Å². The van der Waals surface area contributed by atoms with Crippen molar-refractivity contribution in [1.82, 2.24) is 5.32 Å². The van der Waals surface area contributed by atoms with Crippen molar-refractivity contribution in [1.29, 1.82) is 0 Å². The molecule has 5 nitrogen and oxygen atoms in total. The number of carboxylic acids is 1. The van der Waals surface area contributed by atoms with Crippen LogP contribution in [-0.2, 0) is 20.4 Å². The maximum atomic E-state index is 10.4. The summed E-state index contributed by atoms with van der Waals surface area (Å²) in [4.78, 5) is 20.2. The third kappa shape index (κ3) is 5.53. The number of aliphatic carboxylic acids is 1. The monoisotopic (exact) mass is 179 g/mol. The SMILES string of the molecule is CS(=O)CCNC(=O)C(=O)O. The summed E-state index contributed by atoms with van der Waals surface area (Å²) in [7, 11) is -1.00. The predicted octanol–water partition coefficient (Wildman–Crippen LogP) is -1.43. The molecule has 1 atom stereocenters. The van der Waals surface area contributed by atoms with Gasteiger partial charge in [-0.15, -0.1) is 0 Å². The molecule has 0 fully saturated rings. The highest BCUT2D eigenvalue weighted by atomic mass is 32.2. The molecule has 11 heavy (non-hydrogen) atoms. The lowest BCUT2D eigenvalue weighted by molar-refractivity contribution is -0.150. The first-order valence-electron chi connectivity index (χ1n) is 2.85. The first-order chi connectivity index (χ1) is 5.04. The number of hydrogen-bond acceptors (Lipinski definition) is 3. The highest BCUT2D eigenvalue weighted by molar-refractivity contribution is 7.84. The highest BCUT2D eigenvalue weighted by Gasteiger charge is 2.08. The van der Waals surface area contributed by atoms with Crippen LogP contribution in [0.5, 0.6) is 0 Å². The fourth-order valence-electron chi connectivity index (χ4n) is 0.384. The second-order valence-corrected chi connectivity index (χ2v) is 3.39. The highest BCUT2D eigenvalue weighted by Crippen LogP contribution is 1.72. The molecule has 6 heteroatoms. The lowest BCUT2D eigenvalue weighted by Gasteiger charge is -1.97. The summed E-state index contributed by atoms with van der Waals surface area (Å²) < 4.78 is 10.4. The van der Waals surface area contributed by atoms with E-state index >= 15 is 0 Å². The Hall–Kier alpha value is -0.910. The lowest BCUT2D eigenvalue weighted by Crippen LogP contribution is -2.33. The zero-order chi connectivity index (χ0) is 8.85. The maximum absolute atomic E-state index is 10.4. The van der Waals surface area contributed by atoms with Gasteiger partial charge in [0, 0.05) is 29.4 Å². The first-order valence-corrected chi connectivity index (χ1v) is 4.58. The van der Waals surface area contributed by atoms with E-state index in [1.807, 2.05) is 0 Å². The van der Waals surface area contributed by atoms with Crippen molar-refractivity contribution in [3.63, 3.8) is 0 Å². The number of carbonyl (C=O) groups is 2. The van der Waals surface area contributed by atoms with Gasteiger partial charge in [0.05, 0.1) is 0 Å². The fourth-order valence-corrected chi connectivity index (χ4v) is 0.773. The molecule has 0 aliphatic rings. The van der Waals surface area contributed by atoms with E-state index in [4.69, 9.17) is 5.11 Å². The van der Waals surface area contributed by atoms with Gasteiger partial charge in [0.2, 0.25) is 0 Å². The standard InChI is InChI=1S/C5H9NO4S/c1-11(10)3-2-6-4(7)5(8)9/h2-3H2,1H3,(H,6,7)(H,8,9). The van der Waals surface area contributed by atoms with Crippen LogP contribution in [0.25, 0.3) is 0 Å². The molecule has 0 aromatic carbocycles. The molecular weight excluding hydrogens is 170 g/mol. The molecular formula is C5H9NO4S. The number of amides is 1. The Morgan fingerprint density at radius 3 is 2.45 bits per heavy atom. The van der Waals surface area contributed by atoms with Crippen LogP contribution in [0.2, 0.25) is 0 Å². The van der Waals surface area contributed by atoms with Crippen LogP contribution >= 0.6 is 0 Å². The predicted molar refractivity (Wildman–Crippen MR) is 39.6 cm³/mol. The normalized spacial score (nSPS) is 12.1. The Morgan fingerprint density at radius 2 is 2.09 bits per heavy atom. The molecule has 0 heterocycles. The molecule has 2 N–H and O–H groups in total. The maximum Gasteiger partial charge on any atom is 0.394 e. The number of rotatable bonds is 3. The summed E-state index contributed by atoms with van der Waals surface area (Å²) in [5, 5.41) is 10.1. The third-order valence-corrected chi connectivity index (χ3v) is 1.65. The molecule has 0 saturated carbocycles. The van der Waals surface area contributed by atoms with Gasteiger partial charge in [-0.2, -0.15) is 0 Å². The van der Waals surface area contributed by atoms with Crippen LogP contribution in [-0.4, -0.2) is 39.7 Å². The summed E-state index contributed by atoms with van der Waals surface area (Å²) in [6.07, 6.45) is 1.48. The third-order valence-electron chi connectivity index (χ3n) is 0.869. The van der Waals surface area contributed by atoms with Gasteiger partial charge in [-0.25, -0.2) is 4.79 Å². The van der Waals surface area contributed by atoms with Gasteiger partial charge in [0.1, 0.15) is 0 Å². The number of carbonyl (C=O) groups excluding carboxylic acids is 1. The molecule has 0 aliphatic carbocycles. The van der Waals surface area contributed by atoms with Gasteiger partial charge in [-0.1, -0.05) is 0 Å². The molecule has 0 radical (unpaired) electrons. The van der Waals surface area contributed by atoms with Crippen molar-refractivity contribution in [3.05, 3.63) is 0 Å². The van der Waals surface area contributed by atoms with Gasteiger partial charge in [-0.3, -0.25) is 9.00 Å². The fraction of sp³-hybridized carbons (Fsp3) is 0.600. The molecule has 1 amide bonds. The smallest absolute Gasteiger partial charge is 0.394 e. The molecule has 0 spiro atoms. The molecule has 64 valence electrons. The molecule has 0 bridgehead atoms. The summed E-state index contributed by atoms with van der Waals surface area (Å²) in [5.74, 6) is -2.30. The van der Waals surface area contributed by atoms with E-state index in [2.05, 4.69) is 5.32 Å². The van der Waals surface area contributed by atoms with Gasteiger partial charge in [-0.05, 0) is 0 Å². The molecule has 0 rings (SSSR count). The lowest BCUT2D eigenvalue weighted by atomic mass is 10.6. The van der Waals surface area contributed by atoms with Crippen molar-refractivity contribution in [3.8, 4) is 0 Å². The quantitative estimate of drug-likeness (QED) is 0.520. The zero-order valence-electron chi connectivity index (χ0n) is 5.99. The van der Waals surface area contributed by atoms with Crippen molar-refractivity contribution >= 4 is 22.7 Å². The van der Waals surface area contributed by atoms with Crippen LogP contribution in [0.15, 0.2) is 0 Å². The first kappa shape index (κ1) is 10.1. The Morgan fingerprint density at radius 1 is 1.55 bits per heavy atom. The summed E-state index contributed by atoms with van der Waals surface area (Å²) in [5.41, 5.74) is 0. The molecule has 0 aromatic rings. The van der Waals surface area contributed by atoms with Crippen LogP contribution in [0.4, 0.5) is 0 Å². The Labute approximate surface area is 66.2 Å². The van der Waals surface area contributed by atoms with E-state index in [1.54, 1.807) is 0 Å². The van der Waals surface area contributed by atoms with Crippen molar-refractivity contribution in [2.75, 3.05) is 18.6 Å².